The number of ether oxygens (including phenoxy) is 1. The van der Waals surface area contributed by atoms with Crippen molar-refractivity contribution in [2.45, 2.75) is 38.8 Å². The summed E-state index contributed by atoms with van der Waals surface area (Å²) in [7, 11) is 1.62. The Morgan fingerprint density at radius 2 is 2.00 bits per heavy atom. The van der Waals surface area contributed by atoms with Crippen molar-refractivity contribution in [3.8, 4) is 5.75 Å². The number of hydrogen-bond donors (Lipinski definition) is 1. The van der Waals surface area contributed by atoms with E-state index < -0.39 is 11.6 Å². The highest BCUT2D eigenvalue weighted by Gasteiger charge is 2.47. The smallest absolute Gasteiger partial charge is 0.325 e. The van der Waals surface area contributed by atoms with Gasteiger partial charge in [-0.05, 0) is 44.4 Å². The van der Waals surface area contributed by atoms with Crippen molar-refractivity contribution < 1.29 is 18.8 Å². The third-order valence-electron chi connectivity index (χ3n) is 4.41. The molecule has 132 valence electrons. The van der Waals surface area contributed by atoms with Gasteiger partial charge in [0, 0.05) is 6.07 Å². The maximum Gasteiger partial charge on any atom is 0.325 e. The zero-order valence-corrected chi connectivity index (χ0v) is 14.5. The number of amides is 3. The molecule has 7 heteroatoms. The Labute approximate surface area is 145 Å². The lowest BCUT2D eigenvalue weighted by atomic mass is 9.93. The van der Waals surface area contributed by atoms with E-state index in [1.165, 1.54) is 4.90 Å². The largest absolute Gasteiger partial charge is 0.497 e. The first-order valence-electron chi connectivity index (χ1n) is 8.10. The molecule has 2 aromatic rings. The number of urea groups is 1. The van der Waals surface area contributed by atoms with E-state index in [0.29, 0.717) is 24.3 Å². The molecule has 2 heterocycles. The molecule has 7 nitrogen and oxygen atoms in total. The Kier molecular flexibility index (Phi) is 4.48. The Morgan fingerprint density at radius 1 is 1.28 bits per heavy atom. The van der Waals surface area contributed by atoms with Crippen LogP contribution in [0.15, 0.2) is 34.9 Å². The van der Waals surface area contributed by atoms with Gasteiger partial charge in [-0.3, -0.25) is 9.69 Å². The molecule has 0 saturated carbocycles. The summed E-state index contributed by atoms with van der Waals surface area (Å²) in [5.74, 6) is 1.02. The summed E-state index contributed by atoms with van der Waals surface area (Å²) in [6.45, 7) is 3.63. The Hall–Kier alpha value is -2.83. The number of aryl methyl sites for hydroxylation is 2. The summed E-state index contributed by atoms with van der Waals surface area (Å²) in [5, 5.41) is 6.58. The molecular formula is C18H21N3O4. The summed E-state index contributed by atoms with van der Waals surface area (Å²) in [5.41, 5.74) is 0.865. The number of nitrogens with one attached hydrogen (secondary N) is 1. The van der Waals surface area contributed by atoms with Crippen LogP contribution in [0.2, 0.25) is 0 Å². The van der Waals surface area contributed by atoms with E-state index in [0.717, 1.165) is 11.3 Å². The highest BCUT2D eigenvalue weighted by atomic mass is 16.5. The van der Waals surface area contributed by atoms with E-state index in [2.05, 4.69) is 10.5 Å². The first-order chi connectivity index (χ1) is 11.9. The minimum atomic E-state index is -0.925. The third kappa shape index (κ3) is 3.50. The van der Waals surface area contributed by atoms with Crippen molar-refractivity contribution in [2.75, 3.05) is 7.11 Å². The number of nitrogens with zero attached hydrogens (tertiary/aromatic N) is 2. The molecule has 3 amide bonds. The molecule has 1 saturated heterocycles. The van der Waals surface area contributed by atoms with Crippen LogP contribution in [0.4, 0.5) is 4.79 Å². The predicted octanol–water partition coefficient (Wildman–Crippen LogP) is 2.43. The highest BCUT2D eigenvalue weighted by Crippen LogP contribution is 2.25. The standard InChI is InChI=1S/C18H21N3O4/c1-12-10-15(25-20-12)11-21-16(22)18(2,19-17(21)23)9-8-13-4-6-14(24-3)7-5-13/h4-7,10H,8-9,11H2,1-3H3,(H,19,23)/t18-/m0/s1. The molecule has 1 aromatic carbocycles. The second-order valence-electron chi connectivity index (χ2n) is 6.44. The molecule has 1 atom stereocenters. The molecule has 0 unspecified atom stereocenters. The van der Waals surface area contributed by atoms with Gasteiger partial charge in [-0.2, -0.15) is 0 Å². The quantitative estimate of drug-likeness (QED) is 0.814. The predicted molar refractivity (Wildman–Crippen MR) is 90.0 cm³/mol. The summed E-state index contributed by atoms with van der Waals surface area (Å²) >= 11 is 0. The summed E-state index contributed by atoms with van der Waals surface area (Å²) in [6, 6.07) is 8.98. The fourth-order valence-electron chi connectivity index (χ4n) is 2.89. The molecule has 0 bridgehead atoms. The van der Waals surface area contributed by atoms with Crippen molar-refractivity contribution in [1.29, 1.82) is 0 Å². The maximum absolute atomic E-state index is 12.7. The zero-order chi connectivity index (χ0) is 18.0. The lowest BCUT2D eigenvalue weighted by Gasteiger charge is -2.21. The maximum atomic E-state index is 12.7. The van der Waals surface area contributed by atoms with Crippen LogP contribution in [0.1, 0.15) is 30.4 Å². The Balaban J connectivity index is 1.66. The van der Waals surface area contributed by atoms with Gasteiger partial charge in [0.15, 0.2) is 5.76 Å². The number of hydrogen-bond acceptors (Lipinski definition) is 5. The number of methoxy groups -OCH3 is 1. The van der Waals surface area contributed by atoms with Crippen LogP contribution in [-0.4, -0.2) is 34.6 Å². The molecule has 3 rings (SSSR count). The second-order valence-corrected chi connectivity index (χ2v) is 6.44. The van der Waals surface area contributed by atoms with Crippen LogP contribution in [0.25, 0.3) is 0 Å². The van der Waals surface area contributed by atoms with Crippen LogP contribution >= 0.6 is 0 Å². The minimum Gasteiger partial charge on any atom is -0.497 e. The average molecular weight is 343 g/mol. The first-order valence-corrected chi connectivity index (χ1v) is 8.10. The van der Waals surface area contributed by atoms with E-state index in [9.17, 15) is 9.59 Å². The molecule has 1 N–H and O–H groups in total. The van der Waals surface area contributed by atoms with E-state index in [1.807, 2.05) is 24.3 Å². The van der Waals surface area contributed by atoms with Gasteiger partial charge < -0.3 is 14.6 Å². The van der Waals surface area contributed by atoms with Crippen molar-refractivity contribution in [3.63, 3.8) is 0 Å². The molecule has 25 heavy (non-hydrogen) atoms. The van der Waals surface area contributed by atoms with Crippen LogP contribution in [0.5, 0.6) is 5.75 Å². The summed E-state index contributed by atoms with van der Waals surface area (Å²) in [6.07, 6.45) is 1.18. The van der Waals surface area contributed by atoms with Crippen LogP contribution < -0.4 is 10.1 Å². The van der Waals surface area contributed by atoms with Gasteiger partial charge in [0.2, 0.25) is 0 Å². The van der Waals surface area contributed by atoms with E-state index in [-0.39, 0.29) is 12.5 Å². The van der Waals surface area contributed by atoms with Crippen LogP contribution in [0, 0.1) is 6.92 Å². The fourth-order valence-corrected chi connectivity index (χ4v) is 2.89. The molecule has 0 spiro atoms. The number of benzene rings is 1. The topological polar surface area (TPSA) is 84.7 Å². The number of carbonyl (C=O) groups is 2. The summed E-state index contributed by atoms with van der Waals surface area (Å²) in [4.78, 5) is 26.1. The lowest BCUT2D eigenvalue weighted by molar-refractivity contribution is -0.131. The van der Waals surface area contributed by atoms with Crippen molar-refractivity contribution in [2.24, 2.45) is 0 Å². The van der Waals surface area contributed by atoms with E-state index in [1.54, 1.807) is 27.0 Å². The normalized spacial score (nSPS) is 20.0. The highest BCUT2D eigenvalue weighted by molar-refractivity contribution is 6.06. The van der Waals surface area contributed by atoms with Gasteiger partial charge in [-0.25, -0.2) is 4.79 Å². The van der Waals surface area contributed by atoms with Gasteiger partial charge in [-0.1, -0.05) is 17.3 Å². The lowest BCUT2D eigenvalue weighted by Crippen LogP contribution is -2.44. The number of rotatable bonds is 6. The minimum absolute atomic E-state index is 0.0869. The first kappa shape index (κ1) is 17.0. The van der Waals surface area contributed by atoms with Gasteiger partial charge in [0.05, 0.1) is 19.3 Å². The van der Waals surface area contributed by atoms with E-state index >= 15 is 0 Å². The zero-order valence-electron chi connectivity index (χ0n) is 14.5. The van der Waals surface area contributed by atoms with Crippen LogP contribution in [0.3, 0.4) is 0 Å². The molecule has 0 aliphatic carbocycles. The van der Waals surface area contributed by atoms with Gasteiger partial charge in [0.25, 0.3) is 5.91 Å². The fraction of sp³-hybridized carbons (Fsp3) is 0.389. The van der Waals surface area contributed by atoms with Crippen LogP contribution in [-0.2, 0) is 17.8 Å². The second kappa shape index (κ2) is 6.58. The van der Waals surface area contributed by atoms with Crippen molar-refractivity contribution in [1.82, 2.24) is 15.4 Å². The number of aromatic nitrogens is 1. The molecule has 1 aliphatic heterocycles. The number of imide groups is 1. The SMILES string of the molecule is COc1ccc(CC[C@]2(C)NC(=O)N(Cc3cc(C)no3)C2=O)cc1. The van der Waals surface area contributed by atoms with Crippen molar-refractivity contribution >= 4 is 11.9 Å². The Bertz CT molecular complexity index is 784. The molecule has 1 aliphatic rings. The van der Waals surface area contributed by atoms with Gasteiger partial charge in [-0.15, -0.1) is 0 Å². The van der Waals surface area contributed by atoms with Gasteiger partial charge >= 0.3 is 6.03 Å². The Morgan fingerprint density at radius 3 is 2.60 bits per heavy atom. The molecule has 1 aromatic heterocycles. The monoisotopic (exact) mass is 343 g/mol. The molecule has 1 fully saturated rings. The average Bonchev–Trinajstić information content (AvgIpc) is 3.10. The third-order valence-corrected chi connectivity index (χ3v) is 4.41. The van der Waals surface area contributed by atoms with Crippen molar-refractivity contribution in [3.05, 3.63) is 47.3 Å². The van der Waals surface area contributed by atoms with E-state index in [4.69, 9.17) is 9.26 Å². The number of carbonyl (C=O) groups excluding carboxylic acids is 2. The molecule has 0 radical (unpaired) electrons. The molecular weight excluding hydrogens is 322 g/mol. The van der Waals surface area contributed by atoms with Gasteiger partial charge in [0.1, 0.15) is 11.3 Å². The summed E-state index contributed by atoms with van der Waals surface area (Å²) < 4.78 is 10.2.